The van der Waals surface area contributed by atoms with Crippen molar-refractivity contribution >= 4 is 0 Å². The van der Waals surface area contributed by atoms with E-state index in [2.05, 4.69) is 37.1 Å². The van der Waals surface area contributed by atoms with Crippen LogP contribution in [0.25, 0.3) is 0 Å². The molecule has 2 aromatic rings. The monoisotopic (exact) mass is 270 g/mol. The summed E-state index contributed by atoms with van der Waals surface area (Å²) in [6.07, 6.45) is 2.93. The molecule has 1 aromatic heterocycles. The molecule has 0 spiro atoms. The van der Waals surface area contributed by atoms with E-state index in [0.717, 1.165) is 25.3 Å². The molecule has 0 aliphatic heterocycles. The van der Waals surface area contributed by atoms with Crippen LogP contribution in [0.4, 0.5) is 0 Å². The maximum Gasteiger partial charge on any atom is 0.219 e. The van der Waals surface area contributed by atoms with Crippen LogP contribution < -0.4 is 10.1 Å². The summed E-state index contributed by atoms with van der Waals surface area (Å²) in [4.78, 5) is 4.27. The molecule has 0 aliphatic rings. The number of benzene rings is 1. The summed E-state index contributed by atoms with van der Waals surface area (Å²) in [6.45, 7) is 8.17. The van der Waals surface area contributed by atoms with E-state index in [9.17, 15) is 0 Å². The lowest BCUT2D eigenvalue weighted by Gasteiger charge is -2.09. The first-order valence-corrected chi connectivity index (χ1v) is 7.09. The van der Waals surface area contributed by atoms with Gasteiger partial charge in [-0.05, 0) is 61.7 Å². The van der Waals surface area contributed by atoms with Gasteiger partial charge in [-0.25, -0.2) is 4.98 Å². The molecule has 20 heavy (non-hydrogen) atoms. The number of pyridine rings is 1. The van der Waals surface area contributed by atoms with Crippen LogP contribution in [0, 0.1) is 13.8 Å². The molecule has 0 fully saturated rings. The Bertz CT molecular complexity index is 546. The first kappa shape index (κ1) is 14.5. The van der Waals surface area contributed by atoms with Crippen LogP contribution >= 0.6 is 0 Å². The zero-order valence-electron chi connectivity index (χ0n) is 12.4. The molecule has 1 heterocycles. The lowest BCUT2D eigenvalue weighted by Crippen LogP contribution is -2.13. The van der Waals surface area contributed by atoms with E-state index in [0.29, 0.717) is 5.88 Å². The lowest BCUT2D eigenvalue weighted by atomic mass is 10.1. The van der Waals surface area contributed by atoms with Crippen LogP contribution in [-0.4, -0.2) is 11.5 Å². The number of hydrogen-bond donors (Lipinski definition) is 1. The Morgan fingerprint density at radius 3 is 2.55 bits per heavy atom. The van der Waals surface area contributed by atoms with Crippen LogP contribution in [0.5, 0.6) is 11.6 Å². The Hall–Kier alpha value is -1.87. The third kappa shape index (κ3) is 4.35. The van der Waals surface area contributed by atoms with Crippen molar-refractivity contribution in [3.8, 4) is 11.6 Å². The largest absolute Gasteiger partial charge is 0.439 e. The highest BCUT2D eigenvalue weighted by molar-refractivity contribution is 5.35. The maximum atomic E-state index is 5.85. The van der Waals surface area contributed by atoms with E-state index in [1.807, 2.05) is 24.3 Å². The van der Waals surface area contributed by atoms with E-state index in [-0.39, 0.29) is 0 Å². The van der Waals surface area contributed by atoms with Gasteiger partial charge in [-0.15, -0.1) is 0 Å². The van der Waals surface area contributed by atoms with E-state index in [4.69, 9.17) is 4.74 Å². The van der Waals surface area contributed by atoms with E-state index < -0.39 is 0 Å². The van der Waals surface area contributed by atoms with Gasteiger partial charge in [-0.2, -0.15) is 0 Å². The minimum absolute atomic E-state index is 0.644. The number of hydrogen-bond acceptors (Lipinski definition) is 3. The van der Waals surface area contributed by atoms with Gasteiger partial charge in [0.05, 0.1) is 0 Å². The van der Waals surface area contributed by atoms with Crippen molar-refractivity contribution < 1.29 is 4.74 Å². The summed E-state index contributed by atoms with van der Waals surface area (Å²) < 4.78 is 5.85. The fourth-order valence-electron chi connectivity index (χ4n) is 2.14. The van der Waals surface area contributed by atoms with Gasteiger partial charge in [0.2, 0.25) is 5.88 Å². The summed E-state index contributed by atoms with van der Waals surface area (Å²) in [5.74, 6) is 1.49. The molecule has 0 saturated heterocycles. The molecule has 0 radical (unpaired) electrons. The van der Waals surface area contributed by atoms with Gasteiger partial charge >= 0.3 is 0 Å². The Morgan fingerprint density at radius 2 is 1.85 bits per heavy atom. The summed E-state index contributed by atoms with van der Waals surface area (Å²) >= 11 is 0. The molecule has 0 unspecified atom stereocenters. The molecule has 3 heteroatoms. The van der Waals surface area contributed by atoms with Crippen molar-refractivity contribution in [3.05, 3.63) is 53.2 Å². The van der Waals surface area contributed by atoms with Gasteiger partial charge in [0.15, 0.2) is 0 Å². The quantitative estimate of drug-likeness (QED) is 0.806. The molecule has 1 aromatic carbocycles. The second-order valence-corrected chi connectivity index (χ2v) is 5.10. The molecule has 0 atom stereocenters. The number of ether oxygens (including phenoxy) is 1. The lowest BCUT2D eigenvalue weighted by molar-refractivity contribution is 0.461. The average molecular weight is 270 g/mol. The van der Waals surface area contributed by atoms with Crippen LogP contribution in [-0.2, 0) is 6.54 Å². The zero-order chi connectivity index (χ0) is 14.4. The van der Waals surface area contributed by atoms with Gasteiger partial charge in [0.1, 0.15) is 5.75 Å². The summed E-state index contributed by atoms with van der Waals surface area (Å²) in [5, 5.41) is 3.38. The van der Waals surface area contributed by atoms with Crippen molar-refractivity contribution in [1.29, 1.82) is 0 Å². The molecule has 2 rings (SSSR count). The summed E-state index contributed by atoms with van der Waals surface area (Å²) in [7, 11) is 0. The molecular formula is C17H22N2O. The SMILES string of the molecule is CCCNCc1ccnc(Oc2cc(C)cc(C)c2)c1. The van der Waals surface area contributed by atoms with E-state index >= 15 is 0 Å². The van der Waals surface area contributed by atoms with Gasteiger partial charge in [-0.1, -0.05) is 13.0 Å². The number of aromatic nitrogens is 1. The summed E-state index contributed by atoms with van der Waals surface area (Å²) in [5.41, 5.74) is 3.58. The molecule has 106 valence electrons. The fraction of sp³-hybridized carbons (Fsp3) is 0.353. The predicted octanol–water partition coefficient (Wildman–Crippen LogP) is 3.99. The Kier molecular flexibility index (Phi) is 5.13. The number of nitrogens with zero attached hydrogens (tertiary/aromatic N) is 1. The second kappa shape index (κ2) is 7.06. The third-order valence-corrected chi connectivity index (χ3v) is 2.97. The minimum Gasteiger partial charge on any atom is -0.439 e. The van der Waals surface area contributed by atoms with Crippen LogP contribution in [0.2, 0.25) is 0 Å². The van der Waals surface area contributed by atoms with E-state index in [1.54, 1.807) is 6.20 Å². The highest BCUT2D eigenvalue weighted by Gasteiger charge is 2.02. The van der Waals surface area contributed by atoms with E-state index in [1.165, 1.54) is 16.7 Å². The highest BCUT2D eigenvalue weighted by atomic mass is 16.5. The normalized spacial score (nSPS) is 10.6. The second-order valence-electron chi connectivity index (χ2n) is 5.10. The molecule has 1 N–H and O–H groups in total. The van der Waals surface area contributed by atoms with Crippen molar-refractivity contribution in [2.75, 3.05) is 6.54 Å². The molecule has 0 amide bonds. The number of nitrogens with one attached hydrogen (secondary N) is 1. The Morgan fingerprint density at radius 1 is 1.10 bits per heavy atom. The highest BCUT2D eigenvalue weighted by Crippen LogP contribution is 2.22. The van der Waals surface area contributed by atoms with Crippen LogP contribution in [0.1, 0.15) is 30.0 Å². The number of rotatable bonds is 6. The minimum atomic E-state index is 0.644. The third-order valence-electron chi connectivity index (χ3n) is 2.97. The van der Waals surface area contributed by atoms with Crippen molar-refractivity contribution in [2.45, 2.75) is 33.7 Å². The standard InChI is InChI=1S/C17H22N2O/c1-4-6-18-12-15-5-7-19-17(11-15)20-16-9-13(2)8-14(3)10-16/h5,7-11,18H,4,6,12H2,1-3H3. The molecule has 0 saturated carbocycles. The number of aryl methyl sites for hydroxylation is 2. The van der Waals surface area contributed by atoms with Crippen LogP contribution in [0.3, 0.4) is 0 Å². The molecule has 0 bridgehead atoms. The predicted molar refractivity (Wildman–Crippen MR) is 82.2 cm³/mol. The molecule has 3 nitrogen and oxygen atoms in total. The van der Waals surface area contributed by atoms with Crippen molar-refractivity contribution in [2.24, 2.45) is 0 Å². The Balaban J connectivity index is 2.07. The molecular weight excluding hydrogens is 248 g/mol. The summed E-state index contributed by atoms with van der Waals surface area (Å²) in [6, 6.07) is 10.2. The fourth-order valence-corrected chi connectivity index (χ4v) is 2.14. The smallest absolute Gasteiger partial charge is 0.219 e. The van der Waals surface area contributed by atoms with Crippen molar-refractivity contribution in [1.82, 2.24) is 10.3 Å². The van der Waals surface area contributed by atoms with Crippen molar-refractivity contribution in [3.63, 3.8) is 0 Å². The first-order valence-electron chi connectivity index (χ1n) is 7.09. The van der Waals surface area contributed by atoms with Gasteiger partial charge < -0.3 is 10.1 Å². The Labute approximate surface area is 121 Å². The van der Waals surface area contributed by atoms with Crippen LogP contribution in [0.15, 0.2) is 36.5 Å². The van der Waals surface area contributed by atoms with Gasteiger partial charge in [0.25, 0.3) is 0 Å². The topological polar surface area (TPSA) is 34.2 Å². The molecule has 0 aliphatic carbocycles. The first-order chi connectivity index (χ1) is 9.67. The average Bonchev–Trinajstić information content (AvgIpc) is 2.38. The van der Waals surface area contributed by atoms with Gasteiger partial charge in [0, 0.05) is 18.8 Å². The zero-order valence-corrected chi connectivity index (χ0v) is 12.4. The van der Waals surface area contributed by atoms with Gasteiger partial charge in [-0.3, -0.25) is 0 Å². The maximum absolute atomic E-state index is 5.85.